The molecule has 0 radical (unpaired) electrons. The van der Waals surface area contributed by atoms with E-state index in [9.17, 15) is 0 Å². The number of benzene rings is 1. The van der Waals surface area contributed by atoms with Crippen molar-refractivity contribution >= 4 is 0 Å². The van der Waals surface area contributed by atoms with Crippen LogP contribution in [0, 0.1) is 0 Å². The first-order chi connectivity index (χ1) is 19.9. The quantitative estimate of drug-likeness (QED) is 0.0818. The maximum absolute atomic E-state index is 5.79. The van der Waals surface area contributed by atoms with Crippen molar-refractivity contribution in [1.29, 1.82) is 0 Å². The topological polar surface area (TPSA) is 36.9 Å². The number of ether oxygens (including phenoxy) is 4. The monoisotopic (exact) mass is 562 g/mol. The van der Waals surface area contributed by atoms with Crippen LogP contribution >= 0.6 is 0 Å². The average Bonchev–Trinajstić information content (AvgIpc) is 2.98. The predicted molar refractivity (Wildman–Crippen MR) is 172 cm³/mol. The van der Waals surface area contributed by atoms with Gasteiger partial charge in [0.1, 0.15) is 12.4 Å². The predicted octanol–water partition coefficient (Wildman–Crippen LogP) is 10.5. The van der Waals surface area contributed by atoms with Crippen molar-refractivity contribution in [3.05, 3.63) is 29.8 Å². The molecule has 1 rings (SSSR count). The van der Waals surface area contributed by atoms with E-state index in [0.717, 1.165) is 12.4 Å². The molecular weight excluding hydrogens is 496 g/mol. The molecule has 0 unspecified atom stereocenters. The van der Waals surface area contributed by atoms with Gasteiger partial charge >= 0.3 is 0 Å². The van der Waals surface area contributed by atoms with Crippen molar-refractivity contribution in [2.75, 3.05) is 46.2 Å². The first-order valence-electron chi connectivity index (χ1n) is 17.3. The summed E-state index contributed by atoms with van der Waals surface area (Å²) in [7, 11) is 0. The number of aryl methyl sites for hydroxylation is 1. The van der Waals surface area contributed by atoms with Gasteiger partial charge in [-0.3, -0.25) is 0 Å². The molecule has 0 saturated heterocycles. The van der Waals surface area contributed by atoms with Crippen LogP contribution in [0.2, 0.25) is 0 Å². The van der Waals surface area contributed by atoms with Gasteiger partial charge in [-0.15, -0.1) is 0 Å². The molecule has 0 aromatic heterocycles. The van der Waals surface area contributed by atoms with E-state index in [-0.39, 0.29) is 0 Å². The molecule has 0 fully saturated rings. The van der Waals surface area contributed by atoms with E-state index in [1.807, 2.05) is 0 Å². The molecule has 0 aliphatic carbocycles. The van der Waals surface area contributed by atoms with Gasteiger partial charge in [-0.2, -0.15) is 0 Å². The van der Waals surface area contributed by atoms with Crippen LogP contribution in [0.4, 0.5) is 0 Å². The lowest BCUT2D eigenvalue weighted by atomic mass is 10.0. The van der Waals surface area contributed by atoms with Crippen LogP contribution < -0.4 is 4.74 Å². The molecule has 0 spiro atoms. The number of rotatable bonds is 32. The largest absolute Gasteiger partial charge is 0.491 e. The summed E-state index contributed by atoms with van der Waals surface area (Å²) in [6, 6.07) is 8.54. The highest BCUT2D eigenvalue weighted by Crippen LogP contribution is 2.15. The summed E-state index contributed by atoms with van der Waals surface area (Å²) in [6.07, 6.45) is 28.7. The molecule has 0 bridgehead atoms. The Labute approximate surface area is 249 Å². The third-order valence-electron chi connectivity index (χ3n) is 7.63. The van der Waals surface area contributed by atoms with Crippen LogP contribution in [0.1, 0.15) is 148 Å². The lowest BCUT2D eigenvalue weighted by molar-refractivity contribution is 0.00878. The van der Waals surface area contributed by atoms with Crippen molar-refractivity contribution < 1.29 is 18.9 Å². The molecule has 4 nitrogen and oxygen atoms in total. The Kier molecular flexibility index (Phi) is 28.5. The van der Waals surface area contributed by atoms with Gasteiger partial charge in [-0.1, -0.05) is 142 Å². The highest BCUT2D eigenvalue weighted by molar-refractivity contribution is 5.27. The van der Waals surface area contributed by atoms with Crippen LogP contribution in [0.15, 0.2) is 24.3 Å². The molecule has 234 valence electrons. The highest BCUT2D eigenvalue weighted by Gasteiger charge is 1.99. The summed E-state index contributed by atoms with van der Waals surface area (Å²) in [5.41, 5.74) is 1.40. The van der Waals surface area contributed by atoms with Gasteiger partial charge < -0.3 is 18.9 Å². The standard InChI is InChI=1S/C36H66O4/c1-3-5-7-9-11-12-13-14-15-16-17-18-20-22-28-37-29-30-38-31-32-39-33-34-40-36-26-24-35(25-27-36)23-21-19-10-8-6-4-2/h24-27H,3-23,28-34H2,1-2H3. The molecule has 0 N–H and O–H groups in total. The zero-order chi connectivity index (χ0) is 28.6. The summed E-state index contributed by atoms with van der Waals surface area (Å²) in [5.74, 6) is 0.919. The van der Waals surface area contributed by atoms with Crippen molar-refractivity contribution in [2.24, 2.45) is 0 Å². The third kappa shape index (κ3) is 25.8. The Morgan fingerprint density at radius 1 is 0.375 bits per heavy atom. The van der Waals surface area contributed by atoms with Gasteiger partial charge in [-0.05, 0) is 37.0 Å². The molecule has 40 heavy (non-hydrogen) atoms. The van der Waals surface area contributed by atoms with Crippen LogP contribution in [0.5, 0.6) is 5.75 Å². The van der Waals surface area contributed by atoms with Crippen molar-refractivity contribution in [1.82, 2.24) is 0 Å². The molecule has 0 amide bonds. The first kappa shape index (κ1) is 36.9. The minimum absolute atomic E-state index is 0.569. The minimum Gasteiger partial charge on any atom is -0.491 e. The van der Waals surface area contributed by atoms with E-state index < -0.39 is 0 Å². The second-order valence-electron chi connectivity index (χ2n) is 11.4. The highest BCUT2D eigenvalue weighted by atomic mass is 16.6. The third-order valence-corrected chi connectivity index (χ3v) is 7.63. The second-order valence-corrected chi connectivity index (χ2v) is 11.4. The van der Waals surface area contributed by atoms with Crippen LogP contribution in [0.25, 0.3) is 0 Å². The van der Waals surface area contributed by atoms with Gasteiger partial charge in [0, 0.05) is 6.61 Å². The van der Waals surface area contributed by atoms with E-state index in [4.69, 9.17) is 18.9 Å². The fourth-order valence-electron chi connectivity index (χ4n) is 5.02. The normalized spacial score (nSPS) is 11.3. The van der Waals surface area contributed by atoms with E-state index in [1.165, 1.54) is 140 Å². The van der Waals surface area contributed by atoms with Crippen LogP contribution in [0.3, 0.4) is 0 Å². The summed E-state index contributed by atoms with van der Waals surface area (Å²) in [4.78, 5) is 0. The van der Waals surface area contributed by atoms with E-state index >= 15 is 0 Å². The maximum Gasteiger partial charge on any atom is 0.119 e. The van der Waals surface area contributed by atoms with Gasteiger partial charge in [0.25, 0.3) is 0 Å². The molecule has 0 saturated carbocycles. The minimum atomic E-state index is 0.569. The molecule has 0 heterocycles. The van der Waals surface area contributed by atoms with E-state index in [1.54, 1.807) is 0 Å². The Morgan fingerprint density at radius 2 is 0.750 bits per heavy atom. The number of unbranched alkanes of at least 4 members (excludes halogenated alkanes) is 18. The van der Waals surface area contributed by atoms with Crippen molar-refractivity contribution in [2.45, 2.75) is 149 Å². The molecule has 0 aliphatic rings. The Bertz CT molecular complexity index is 603. The van der Waals surface area contributed by atoms with E-state index in [0.29, 0.717) is 39.6 Å². The van der Waals surface area contributed by atoms with Gasteiger partial charge in [0.2, 0.25) is 0 Å². The van der Waals surface area contributed by atoms with Crippen molar-refractivity contribution in [3.63, 3.8) is 0 Å². The number of hydrogen-bond acceptors (Lipinski definition) is 4. The molecular formula is C36H66O4. The SMILES string of the molecule is CCCCCCCCCCCCCCCCOCCOCCOCCOc1ccc(CCCCCCCC)cc1. The summed E-state index contributed by atoms with van der Waals surface area (Å²) in [6.45, 7) is 9.09. The van der Waals surface area contributed by atoms with Crippen LogP contribution in [-0.4, -0.2) is 46.2 Å². The first-order valence-corrected chi connectivity index (χ1v) is 17.3. The van der Waals surface area contributed by atoms with Crippen LogP contribution in [-0.2, 0) is 20.6 Å². The molecule has 0 atom stereocenters. The molecule has 1 aromatic carbocycles. The molecule has 0 aliphatic heterocycles. The fraction of sp³-hybridized carbons (Fsp3) is 0.833. The smallest absolute Gasteiger partial charge is 0.119 e. The fourth-order valence-corrected chi connectivity index (χ4v) is 5.02. The Morgan fingerprint density at radius 3 is 1.23 bits per heavy atom. The van der Waals surface area contributed by atoms with Gasteiger partial charge in [0.15, 0.2) is 0 Å². The number of hydrogen-bond donors (Lipinski definition) is 0. The summed E-state index contributed by atoms with van der Waals surface area (Å²) in [5, 5.41) is 0. The lowest BCUT2D eigenvalue weighted by Crippen LogP contribution is -2.13. The van der Waals surface area contributed by atoms with Gasteiger partial charge in [-0.25, -0.2) is 0 Å². The zero-order valence-corrected chi connectivity index (χ0v) is 26.7. The van der Waals surface area contributed by atoms with E-state index in [2.05, 4.69) is 38.1 Å². The van der Waals surface area contributed by atoms with Gasteiger partial charge in [0.05, 0.1) is 33.0 Å². The Hall–Kier alpha value is -1.10. The second kappa shape index (κ2) is 30.8. The summed E-state index contributed by atoms with van der Waals surface area (Å²) < 4.78 is 22.7. The average molecular weight is 563 g/mol. The summed E-state index contributed by atoms with van der Waals surface area (Å²) >= 11 is 0. The molecule has 1 aromatic rings. The molecule has 4 heteroatoms. The Balaban J connectivity index is 1.74. The zero-order valence-electron chi connectivity index (χ0n) is 26.7. The maximum atomic E-state index is 5.79. The lowest BCUT2D eigenvalue weighted by Gasteiger charge is -2.09. The van der Waals surface area contributed by atoms with Crippen molar-refractivity contribution in [3.8, 4) is 5.75 Å².